The number of carbonyl (C=O) groups is 8. The van der Waals surface area contributed by atoms with Crippen LogP contribution in [0.1, 0.15) is 111 Å². The maximum absolute atomic E-state index is 14.7. The van der Waals surface area contributed by atoms with Crippen LogP contribution in [0.2, 0.25) is 0 Å². The number of ketones is 1. The van der Waals surface area contributed by atoms with E-state index in [0.717, 1.165) is 19.3 Å². The summed E-state index contributed by atoms with van der Waals surface area (Å²) in [5.41, 5.74) is 4.81. The van der Waals surface area contributed by atoms with E-state index in [9.17, 15) is 43.5 Å². The van der Waals surface area contributed by atoms with Crippen LogP contribution >= 0.6 is 0 Å². The zero-order chi connectivity index (χ0) is 45.0. The summed E-state index contributed by atoms with van der Waals surface area (Å²) in [5, 5.41) is 19.9. The van der Waals surface area contributed by atoms with E-state index in [1.165, 1.54) is 55.5 Å². The second-order valence-electron chi connectivity index (χ2n) is 16.2. The van der Waals surface area contributed by atoms with Crippen molar-refractivity contribution in [2.45, 2.75) is 115 Å². The number of likely N-dealkylation sites (tertiary alicyclic amines) is 1. The molecule has 1 saturated carbocycles. The molecule has 18 heteroatoms. The molecule has 5 unspecified atom stereocenters. The number of carbonyl (C=O) groups excluding carboxylic acids is 7. The van der Waals surface area contributed by atoms with Crippen molar-refractivity contribution in [3.63, 3.8) is 0 Å². The first-order valence-electron chi connectivity index (χ1n) is 20.4. The first kappa shape index (κ1) is 47.6. The van der Waals surface area contributed by atoms with Crippen LogP contribution in [0.5, 0.6) is 11.5 Å². The lowest BCUT2D eigenvalue weighted by Gasteiger charge is -2.35. The smallest absolute Gasteiger partial charge is 0.336 e. The molecule has 2 aromatic carbocycles. The third-order valence-corrected chi connectivity index (χ3v) is 10.6. The van der Waals surface area contributed by atoms with Gasteiger partial charge in [-0.1, -0.05) is 44.7 Å². The summed E-state index contributed by atoms with van der Waals surface area (Å²) in [6, 6.07) is 5.23. The van der Waals surface area contributed by atoms with Gasteiger partial charge in [-0.25, -0.2) is 4.79 Å². The second kappa shape index (κ2) is 21.5. The largest absolute Gasteiger partial charge is 0.497 e. The number of nitrogens with zero attached hydrogens (tertiary/aromatic N) is 1. The molecule has 332 valence electrons. The highest BCUT2D eigenvalue weighted by Gasteiger charge is 2.46. The average molecular weight is 851 g/mol. The summed E-state index contributed by atoms with van der Waals surface area (Å²) in [6.07, 6.45) is 3.63. The van der Waals surface area contributed by atoms with Crippen molar-refractivity contribution in [3.05, 3.63) is 59.2 Å². The van der Waals surface area contributed by atoms with Gasteiger partial charge in [-0.3, -0.25) is 33.6 Å². The van der Waals surface area contributed by atoms with Crippen LogP contribution in [-0.2, 0) is 33.5 Å². The number of hydrogen-bond donors (Lipinski definition) is 6. The van der Waals surface area contributed by atoms with E-state index in [1.807, 2.05) is 20.8 Å². The predicted octanol–water partition coefficient (Wildman–Crippen LogP) is 2.18. The first-order valence-corrected chi connectivity index (χ1v) is 20.4. The zero-order valence-electron chi connectivity index (χ0n) is 35.5. The summed E-state index contributed by atoms with van der Waals surface area (Å²) in [5.74, 6) is -6.97. The minimum atomic E-state index is -1.34. The van der Waals surface area contributed by atoms with Gasteiger partial charge in [0, 0.05) is 19.0 Å². The summed E-state index contributed by atoms with van der Waals surface area (Å²) in [6.45, 7) is 6.50. The van der Waals surface area contributed by atoms with Gasteiger partial charge in [0.2, 0.25) is 29.4 Å². The fraction of sp³-hybridized carbons (Fsp3) is 0.535. The Labute approximate surface area is 355 Å². The molecule has 61 heavy (non-hydrogen) atoms. The number of Topliss-reactive ketones (excluding diaryl/α,β-unsaturated/α-hetero) is 1. The van der Waals surface area contributed by atoms with Crippen molar-refractivity contribution in [1.82, 2.24) is 26.2 Å². The predicted molar refractivity (Wildman–Crippen MR) is 220 cm³/mol. The lowest BCUT2D eigenvalue weighted by Crippen LogP contribution is -2.58. The average Bonchev–Trinajstić information content (AvgIpc) is 3.65. The van der Waals surface area contributed by atoms with E-state index in [4.69, 9.17) is 19.9 Å². The van der Waals surface area contributed by atoms with Gasteiger partial charge in [-0.05, 0) is 75.8 Å². The number of amides is 6. The number of rotatable bonds is 19. The van der Waals surface area contributed by atoms with Gasteiger partial charge in [0.25, 0.3) is 11.8 Å². The number of primary amides is 1. The molecule has 1 aliphatic carbocycles. The molecule has 4 rings (SSSR count). The summed E-state index contributed by atoms with van der Waals surface area (Å²) in [7, 11) is 2.81. The second-order valence-corrected chi connectivity index (χ2v) is 16.2. The quantitative estimate of drug-likeness (QED) is 0.111. The molecule has 2 fully saturated rings. The van der Waals surface area contributed by atoms with E-state index in [0.29, 0.717) is 30.8 Å². The third kappa shape index (κ3) is 13.0. The number of carboxylic acid groups (broad SMARTS) is 1. The molecular formula is C43H58N6O12. The molecule has 1 heterocycles. The zero-order valence-corrected chi connectivity index (χ0v) is 35.5. The van der Waals surface area contributed by atoms with Gasteiger partial charge in [-0.15, -0.1) is 0 Å². The summed E-state index contributed by atoms with van der Waals surface area (Å²) < 4.78 is 16.7. The number of aromatic carboxylic acids is 1. The first-order chi connectivity index (χ1) is 28.9. The van der Waals surface area contributed by atoms with E-state index >= 15 is 0 Å². The molecular weight excluding hydrogens is 793 g/mol. The summed E-state index contributed by atoms with van der Waals surface area (Å²) in [4.78, 5) is 108. The maximum atomic E-state index is 14.7. The van der Waals surface area contributed by atoms with Crippen LogP contribution in [0.3, 0.4) is 0 Å². The van der Waals surface area contributed by atoms with Gasteiger partial charge < -0.3 is 51.2 Å². The van der Waals surface area contributed by atoms with Crippen molar-refractivity contribution in [3.8, 4) is 11.5 Å². The molecule has 0 spiro atoms. The third-order valence-electron chi connectivity index (χ3n) is 10.6. The van der Waals surface area contributed by atoms with E-state index in [2.05, 4.69) is 21.3 Å². The molecule has 7 N–H and O–H groups in total. The monoisotopic (exact) mass is 850 g/mol. The number of carboxylic acids is 1. The van der Waals surface area contributed by atoms with Crippen LogP contribution < -0.4 is 36.5 Å². The molecule has 2 aromatic rings. The van der Waals surface area contributed by atoms with Crippen LogP contribution in [0, 0.1) is 5.92 Å². The van der Waals surface area contributed by atoms with E-state index in [-0.39, 0.29) is 42.0 Å². The Morgan fingerprint density at radius 3 is 2.07 bits per heavy atom. The van der Waals surface area contributed by atoms with Gasteiger partial charge in [0.1, 0.15) is 29.6 Å². The number of nitrogens with two attached hydrogens (primary N) is 1. The molecule has 1 saturated heterocycles. The topological polar surface area (TPSA) is 262 Å². The van der Waals surface area contributed by atoms with Crippen molar-refractivity contribution >= 4 is 47.2 Å². The molecule has 0 aromatic heterocycles. The standard InChI is InChI=1S/C43H58N6O12/c1-7-13-31(36(51)40(55)45-22-33(50)47-34(37(44)52)25-18-26(59-5)20-27(19-25)60-6)46-39(54)32-21-28(61-43(2,3)4)23-49(32)41(56)35(24-14-9-8-10-15-24)48-38(53)29-16-11-12-17-30(29)42(57)58/h11-12,16-20,24,28,31-32,34-35H,7-10,13-15,21-23H2,1-6H3,(H2,44,52)(H,45,55)(H,46,54)(H,47,50)(H,48,53)(H,57,58). The fourth-order valence-electron chi connectivity index (χ4n) is 7.75. The number of nitrogens with one attached hydrogen (secondary N) is 4. The molecule has 0 bridgehead atoms. The Kier molecular flexibility index (Phi) is 16.8. The van der Waals surface area contributed by atoms with Crippen molar-refractivity contribution in [1.29, 1.82) is 0 Å². The van der Waals surface area contributed by atoms with Crippen LogP contribution in [-0.4, -0.2) is 114 Å². The molecule has 5 atom stereocenters. The molecule has 0 radical (unpaired) electrons. The normalized spacial score (nSPS) is 18.2. The Hall–Kier alpha value is -6.04. The highest BCUT2D eigenvalue weighted by atomic mass is 16.5. The molecule has 1 aliphatic heterocycles. The van der Waals surface area contributed by atoms with E-state index < -0.39 is 89.6 Å². The lowest BCUT2D eigenvalue weighted by atomic mass is 9.83. The Morgan fingerprint density at radius 2 is 1.51 bits per heavy atom. The number of benzene rings is 2. The molecule has 2 aliphatic rings. The fourth-order valence-corrected chi connectivity index (χ4v) is 7.75. The Bertz CT molecular complexity index is 1940. The van der Waals surface area contributed by atoms with Gasteiger partial charge >= 0.3 is 5.97 Å². The van der Waals surface area contributed by atoms with E-state index in [1.54, 1.807) is 13.0 Å². The molecule has 6 amide bonds. The maximum Gasteiger partial charge on any atom is 0.336 e. The van der Waals surface area contributed by atoms with Crippen LogP contribution in [0.4, 0.5) is 0 Å². The van der Waals surface area contributed by atoms with Gasteiger partial charge in [0.05, 0.1) is 49.6 Å². The van der Waals surface area contributed by atoms with Gasteiger partial charge in [0.15, 0.2) is 0 Å². The Balaban J connectivity index is 1.52. The summed E-state index contributed by atoms with van der Waals surface area (Å²) >= 11 is 0. The van der Waals surface area contributed by atoms with Crippen LogP contribution in [0.25, 0.3) is 0 Å². The van der Waals surface area contributed by atoms with Crippen molar-refractivity contribution < 1.29 is 57.7 Å². The number of methoxy groups -OCH3 is 2. The van der Waals surface area contributed by atoms with Gasteiger partial charge in [-0.2, -0.15) is 0 Å². The van der Waals surface area contributed by atoms with Crippen molar-refractivity contribution in [2.24, 2.45) is 11.7 Å². The van der Waals surface area contributed by atoms with Crippen LogP contribution in [0.15, 0.2) is 42.5 Å². The minimum absolute atomic E-state index is 0.0180. The van der Waals surface area contributed by atoms with Crippen molar-refractivity contribution in [2.75, 3.05) is 27.3 Å². The number of ether oxygens (including phenoxy) is 3. The number of hydrogen-bond acceptors (Lipinski definition) is 11. The lowest BCUT2D eigenvalue weighted by molar-refractivity contribution is -0.143. The minimum Gasteiger partial charge on any atom is -0.497 e. The highest BCUT2D eigenvalue weighted by molar-refractivity contribution is 6.38. The molecule has 18 nitrogen and oxygen atoms in total. The Morgan fingerprint density at radius 1 is 0.885 bits per heavy atom. The highest BCUT2D eigenvalue weighted by Crippen LogP contribution is 2.32. The SMILES string of the molecule is CCCC(NC(=O)C1CC(OC(C)(C)C)CN1C(=O)C(NC(=O)c1ccccc1C(=O)O)C1CCCCC1)C(=O)C(=O)NCC(=O)NC(C(N)=O)c1cc(OC)cc(OC)c1.